The molecule has 3 aromatic rings. The van der Waals surface area contributed by atoms with E-state index >= 15 is 0 Å². The number of benzene rings is 1. The lowest BCUT2D eigenvalue weighted by molar-refractivity contribution is 0.102. The van der Waals surface area contributed by atoms with Crippen molar-refractivity contribution in [1.29, 1.82) is 0 Å². The van der Waals surface area contributed by atoms with E-state index in [1.165, 1.54) is 43.5 Å². The van der Waals surface area contributed by atoms with Crippen LogP contribution in [0.2, 0.25) is 5.02 Å². The summed E-state index contributed by atoms with van der Waals surface area (Å²) in [6.45, 7) is 4.40. The number of pyridine rings is 1. The lowest BCUT2D eigenvalue weighted by atomic mass is 9.87. The Balaban J connectivity index is 1.48. The van der Waals surface area contributed by atoms with Gasteiger partial charge in [0.25, 0.3) is 5.91 Å². The summed E-state index contributed by atoms with van der Waals surface area (Å²) in [5, 5.41) is 6.29. The highest BCUT2D eigenvalue weighted by atomic mass is 35.5. The van der Waals surface area contributed by atoms with Crippen molar-refractivity contribution in [3.05, 3.63) is 64.6 Å². The zero-order valence-electron chi connectivity index (χ0n) is 18.9. The van der Waals surface area contributed by atoms with Crippen LogP contribution in [0.15, 0.2) is 42.9 Å². The third-order valence-corrected chi connectivity index (χ3v) is 6.22. The van der Waals surface area contributed by atoms with Gasteiger partial charge in [-0.1, -0.05) is 17.7 Å². The average Bonchev–Trinajstić information content (AvgIpc) is 2.81. The molecule has 0 atom stereocenters. The highest BCUT2D eigenvalue weighted by Crippen LogP contribution is 2.32. The molecule has 0 bridgehead atoms. The topological polar surface area (TPSA) is 92.3 Å². The standard InChI is InChI=1S/C24H27ClN6O2/c1-15-12-17(4-5-18(15)16-7-10-31(2)11-8-16)28-24-27-13-19(23(30-24)33-3)22(32)29-21-14-26-9-6-20(21)25/h4-6,9,12-14,16H,7-8,10-11H2,1-3H3,(H,29,32)(H,27,28,30). The number of carbonyl (C=O) groups excluding carboxylic acids is 1. The number of piperidine rings is 1. The fourth-order valence-electron chi connectivity index (χ4n) is 4.06. The van der Waals surface area contributed by atoms with Crippen LogP contribution < -0.4 is 15.4 Å². The summed E-state index contributed by atoms with van der Waals surface area (Å²) in [5.74, 6) is 0.656. The second kappa shape index (κ2) is 10.1. The van der Waals surface area contributed by atoms with Crippen molar-refractivity contribution in [2.45, 2.75) is 25.7 Å². The number of rotatable bonds is 6. The number of nitrogens with one attached hydrogen (secondary N) is 2. The molecule has 1 aliphatic heterocycles. The smallest absolute Gasteiger partial charge is 0.262 e. The van der Waals surface area contributed by atoms with Gasteiger partial charge in [-0.25, -0.2) is 4.98 Å². The van der Waals surface area contributed by atoms with Crippen LogP contribution in [-0.2, 0) is 0 Å². The molecular formula is C24H27ClN6O2. The molecule has 1 aromatic carbocycles. The first-order valence-corrected chi connectivity index (χ1v) is 11.2. The Morgan fingerprint density at radius 3 is 2.70 bits per heavy atom. The highest BCUT2D eigenvalue weighted by Gasteiger charge is 2.20. The molecular weight excluding hydrogens is 440 g/mol. The van der Waals surface area contributed by atoms with E-state index in [0.29, 0.717) is 22.6 Å². The molecule has 0 unspecified atom stereocenters. The van der Waals surface area contributed by atoms with Gasteiger partial charge < -0.3 is 20.3 Å². The number of methoxy groups -OCH3 is 1. The van der Waals surface area contributed by atoms with Gasteiger partial charge in [-0.05, 0) is 75.1 Å². The largest absolute Gasteiger partial charge is 0.480 e. The van der Waals surface area contributed by atoms with E-state index in [0.717, 1.165) is 18.8 Å². The normalized spacial score (nSPS) is 14.7. The molecule has 33 heavy (non-hydrogen) atoms. The Kier molecular flexibility index (Phi) is 7.05. The van der Waals surface area contributed by atoms with E-state index in [2.05, 4.69) is 56.6 Å². The van der Waals surface area contributed by atoms with Crippen LogP contribution in [0.3, 0.4) is 0 Å². The van der Waals surface area contributed by atoms with Gasteiger partial charge in [-0.3, -0.25) is 9.78 Å². The number of anilines is 3. The molecule has 3 heterocycles. The zero-order valence-corrected chi connectivity index (χ0v) is 19.7. The van der Waals surface area contributed by atoms with Gasteiger partial charge in [0.05, 0.1) is 24.0 Å². The van der Waals surface area contributed by atoms with Gasteiger partial charge in [-0.15, -0.1) is 0 Å². The lowest BCUT2D eigenvalue weighted by Crippen LogP contribution is -2.29. The Labute approximate surface area is 198 Å². The number of hydrogen-bond donors (Lipinski definition) is 2. The van der Waals surface area contributed by atoms with E-state index < -0.39 is 5.91 Å². The molecule has 172 valence electrons. The fraction of sp³-hybridized carbons (Fsp3) is 0.333. The summed E-state index contributed by atoms with van der Waals surface area (Å²) >= 11 is 6.10. The molecule has 1 saturated heterocycles. The van der Waals surface area contributed by atoms with Crippen molar-refractivity contribution >= 4 is 34.8 Å². The number of halogens is 1. The first-order chi connectivity index (χ1) is 15.9. The molecule has 2 N–H and O–H groups in total. The van der Waals surface area contributed by atoms with Gasteiger partial charge in [0.1, 0.15) is 5.56 Å². The number of hydrogen-bond acceptors (Lipinski definition) is 7. The van der Waals surface area contributed by atoms with Crippen LogP contribution in [0.25, 0.3) is 0 Å². The van der Waals surface area contributed by atoms with Crippen LogP contribution in [0.1, 0.15) is 40.2 Å². The second-order valence-electron chi connectivity index (χ2n) is 8.20. The Bertz CT molecular complexity index is 1150. The fourth-order valence-corrected chi connectivity index (χ4v) is 4.21. The van der Waals surface area contributed by atoms with E-state index in [1.807, 2.05) is 6.07 Å². The molecule has 0 saturated carbocycles. The Hall–Kier alpha value is -3.23. The molecule has 0 spiro atoms. The molecule has 0 aliphatic carbocycles. The van der Waals surface area contributed by atoms with Crippen molar-refractivity contribution < 1.29 is 9.53 Å². The number of aryl methyl sites for hydroxylation is 1. The van der Waals surface area contributed by atoms with Crippen LogP contribution in [0, 0.1) is 6.92 Å². The minimum Gasteiger partial charge on any atom is -0.480 e. The summed E-state index contributed by atoms with van der Waals surface area (Å²) in [4.78, 5) is 27.7. The minimum atomic E-state index is -0.438. The van der Waals surface area contributed by atoms with Crippen molar-refractivity contribution in [1.82, 2.24) is 19.9 Å². The van der Waals surface area contributed by atoms with Crippen LogP contribution >= 0.6 is 11.6 Å². The summed E-state index contributed by atoms with van der Waals surface area (Å²) in [6, 6.07) is 7.93. The molecule has 0 radical (unpaired) electrons. The molecule has 1 amide bonds. The Morgan fingerprint density at radius 1 is 1.21 bits per heavy atom. The first-order valence-electron chi connectivity index (χ1n) is 10.8. The molecule has 4 rings (SSSR count). The van der Waals surface area contributed by atoms with E-state index in [1.54, 1.807) is 12.3 Å². The van der Waals surface area contributed by atoms with Gasteiger partial charge in [0.15, 0.2) is 0 Å². The minimum absolute atomic E-state index is 0.157. The van der Waals surface area contributed by atoms with Gasteiger partial charge in [0.2, 0.25) is 11.8 Å². The van der Waals surface area contributed by atoms with Crippen LogP contribution in [-0.4, -0.2) is 53.0 Å². The maximum Gasteiger partial charge on any atom is 0.262 e. The summed E-state index contributed by atoms with van der Waals surface area (Å²) in [7, 11) is 3.63. The first kappa shape index (κ1) is 22.9. The van der Waals surface area contributed by atoms with Crippen molar-refractivity contribution in [2.75, 3.05) is 37.9 Å². The third-order valence-electron chi connectivity index (χ3n) is 5.89. The van der Waals surface area contributed by atoms with E-state index in [-0.39, 0.29) is 11.4 Å². The maximum absolute atomic E-state index is 12.7. The molecule has 8 nitrogen and oxygen atoms in total. The average molecular weight is 467 g/mol. The maximum atomic E-state index is 12.7. The monoisotopic (exact) mass is 466 g/mol. The van der Waals surface area contributed by atoms with Crippen molar-refractivity contribution in [3.8, 4) is 5.88 Å². The number of carbonyl (C=O) groups is 1. The number of amides is 1. The lowest BCUT2D eigenvalue weighted by Gasteiger charge is -2.30. The van der Waals surface area contributed by atoms with E-state index in [9.17, 15) is 4.79 Å². The molecule has 2 aromatic heterocycles. The number of ether oxygens (including phenoxy) is 1. The van der Waals surface area contributed by atoms with Crippen molar-refractivity contribution in [3.63, 3.8) is 0 Å². The second-order valence-corrected chi connectivity index (χ2v) is 8.61. The number of nitrogens with zero attached hydrogens (tertiary/aromatic N) is 4. The van der Waals surface area contributed by atoms with Crippen LogP contribution in [0.4, 0.5) is 17.3 Å². The predicted molar refractivity (Wildman–Crippen MR) is 130 cm³/mol. The van der Waals surface area contributed by atoms with Crippen molar-refractivity contribution in [2.24, 2.45) is 0 Å². The van der Waals surface area contributed by atoms with E-state index in [4.69, 9.17) is 16.3 Å². The SMILES string of the molecule is COc1nc(Nc2ccc(C3CCN(C)CC3)c(C)c2)ncc1C(=O)Nc1cnccc1Cl. The third kappa shape index (κ3) is 5.40. The Morgan fingerprint density at radius 2 is 2.00 bits per heavy atom. The number of likely N-dealkylation sites (tertiary alicyclic amines) is 1. The van der Waals surface area contributed by atoms with Crippen LogP contribution in [0.5, 0.6) is 5.88 Å². The summed E-state index contributed by atoms with van der Waals surface area (Å²) in [5.41, 5.74) is 4.11. The zero-order chi connectivity index (χ0) is 23.4. The molecule has 9 heteroatoms. The summed E-state index contributed by atoms with van der Waals surface area (Å²) < 4.78 is 5.34. The highest BCUT2D eigenvalue weighted by molar-refractivity contribution is 6.33. The quantitative estimate of drug-likeness (QED) is 0.546. The number of aromatic nitrogens is 3. The molecule has 1 aliphatic rings. The van der Waals surface area contributed by atoms with Gasteiger partial charge >= 0.3 is 0 Å². The summed E-state index contributed by atoms with van der Waals surface area (Å²) in [6.07, 6.45) is 6.80. The molecule has 1 fully saturated rings. The van der Waals surface area contributed by atoms with Gasteiger partial charge in [0, 0.05) is 18.1 Å². The van der Waals surface area contributed by atoms with Gasteiger partial charge in [-0.2, -0.15) is 4.98 Å². The predicted octanol–water partition coefficient (Wildman–Crippen LogP) is 4.65.